The van der Waals surface area contributed by atoms with Crippen LogP contribution in [0.2, 0.25) is 5.02 Å². The van der Waals surface area contributed by atoms with Gasteiger partial charge in [0.15, 0.2) is 28.8 Å². The molecule has 5 aliphatic rings. The number of ether oxygens (including phenoxy) is 4. The van der Waals surface area contributed by atoms with Crippen molar-refractivity contribution in [2.24, 2.45) is 11.8 Å². The van der Waals surface area contributed by atoms with Gasteiger partial charge in [0, 0.05) is 5.02 Å². The number of anilines is 1. The summed E-state index contributed by atoms with van der Waals surface area (Å²) in [5.41, 5.74) is 1.13. The number of hydrogen-bond acceptors (Lipinski definition) is 7. The zero-order chi connectivity index (χ0) is 33.8. The summed E-state index contributed by atoms with van der Waals surface area (Å²) in [4.78, 5) is 47.7. The van der Waals surface area contributed by atoms with Crippen molar-refractivity contribution in [3.8, 4) is 23.0 Å². The summed E-state index contributed by atoms with van der Waals surface area (Å²) in [7, 11) is 0. The van der Waals surface area contributed by atoms with Crippen molar-refractivity contribution in [2.75, 3.05) is 18.5 Å². The number of nitrogens with zero attached hydrogens (tertiary/aromatic N) is 1. The zero-order valence-corrected chi connectivity index (χ0v) is 27.1. The SMILES string of the molecule is O=C1C2C(C(=O)N1c1ccc(Cl)cc1)C1(c3ccccc3)C(=O)C2(c2ccccc2)C(c2ccc3c(c2)OCO3)=C1c1ccc2c(c1)OCO2. The van der Waals surface area contributed by atoms with E-state index in [1.165, 1.54) is 4.90 Å². The van der Waals surface area contributed by atoms with Gasteiger partial charge in [-0.1, -0.05) is 84.4 Å². The van der Waals surface area contributed by atoms with Crippen LogP contribution in [0.4, 0.5) is 5.69 Å². The van der Waals surface area contributed by atoms with Crippen LogP contribution in [-0.4, -0.2) is 31.2 Å². The van der Waals surface area contributed by atoms with Crippen molar-refractivity contribution in [2.45, 2.75) is 10.8 Å². The first-order valence-electron chi connectivity index (χ1n) is 16.3. The van der Waals surface area contributed by atoms with Gasteiger partial charge in [-0.3, -0.25) is 14.4 Å². The first-order chi connectivity index (χ1) is 24.5. The molecule has 2 amide bonds. The van der Waals surface area contributed by atoms with Crippen LogP contribution >= 0.6 is 11.6 Å². The van der Waals surface area contributed by atoms with E-state index in [1.807, 2.05) is 97.1 Å². The van der Waals surface area contributed by atoms with Gasteiger partial charge in [-0.2, -0.15) is 0 Å². The fourth-order valence-corrected chi connectivity index (χ4v) is 9.20. The normalized spacial score (nSPS) is 25.5. The van der Waals surface area contributed by atoms with Gasteiger partial charge >= 0.3 is 0 Å². The highest BCUT2D eigenvalue weighted by molar-refractivity contribution is 6.39. The fraction of sp³-hybridized carbons (Fsp3) is 0.146. The lowest BCUT2D eigenvalue weighted by molar-refractivity contribution is -0.130. The number of carbonyl (C=O) groups excluding carboxylic acids is 3. The number of rotatable bonds is 5. The molecule has 4 unspecified atom stereocenters. The second kappa shape index (κ2) is 10.3. The van der Waals surface area contributed by atoms with E-state index >= 15 is 14.4 Å². The van der Waals surface area contributed by atoms with Crippen LogP contribution in [0.3, 0.4) is 0 Å². The number of halogens is 1. The van der Waals surface area contributed by atoms with Crippen LogP contribution in [0.1, 0.15) is 22.3 Å². The Hall–Kier alpha value is -5.86. The number of allylic oxidation sites excluding steroid dienone is 2. The third kappa shape index (κ3) is 3.53. The first kappa shape index (κ1) is 29.1. The van der Waals surface area contributed by atoms with E-state index < -0.39 is 34.5 Å². The number of carbonyl (C=O) groups is 3. The van der Waals surface area contributed by atoms with E-state index in [9.17, 15) is 0 Å². The van der Waals surface area contributed by atoms with Crippen LogP contribution in [0.5, 0.6) is 23.0 Å². The van der Waals surface area contributed by atoms with E-state index in [1.54, 1.807) is 24.3 Å². The summed E-state index contributed by atoms with van der Waals surface area (Å²) in [5.74, 6) is -1.03. The Bertz CT molecular complexity index is 2180. The number of hydrogen-bond donors (Lipinski definition) is 0. The second-order valence-electron chi connectivity index (χ2n) is 13.0. The van der Waals surface area contributed by atoms with Crippen LogP contribution in [-0.2, 0) is 25.2 Å². The Morgan fingerprint density at radius 2 is 0.980 bits per heavy atom. The van der Waals surface area contributed by atoms with Gasteiger partial charge in [0.2, 0.25) is 25.4 Å². The molecule has 2 fully saturated rings. The van der Waals surface area contributed by atoms with E-state index in [0.717, 1.165) is 0 Å². The highest BCUT2D eigenvalue weighted by Crippen LogP contribution is 2.74. The predicted molar refractivity (Wildman–Crippen MR) is 184 cm³/mol. The maximum absolute atomic E-state index is 16.1. The lowest BCUT2D eigenvalue weighted by Crippen LogP contribution is -2.45. The van der Waals surface area contributed by atoms with Crippen molar-refractivity contribution in [3.05, 3.63) is 149 Å². The van der Waals surface area contributed by atoms with Crippen molar-refractivity contribution in [3.63, 3.8) is 0 Å². The number of benzene rings is 5. The minimum absolute atomic E-state index is 0.0668. The summed E-state index contributed by atoms with van der Waals surface area (Å²) in [6, 6.07) is 36.6. The van der Waals surface area contributed by atoms with Gasteiger partial charge in [0.05, 0.1) is 28.4 Å². The van der Waals surface area contributed by atoms with E-state index in [4.69, 9.17) is 30.5 Å². The molecule has 9 heteroatoms. The summed E-state index contributed by atoms with van der Waals surface area (Å²) >= 11 is 6.24. The molecule has 5 aromatic rings. The largest absolute Gasteiger partial charge is 0.454 e. The number of imide groups is 1. The molecule has 10 rings (SSSR count). The molecule has 50 heavy (non-hydrogen) atoms. The molecule has 4 atom stereocenters. The Labute approximate surface area is 291 Å². The smallest absolute Gasteiger partial charge is 0.239 e. The van der Waals surface area contributed by atoms with Gasteiger partial charge in [-0.25, -0.2) is 4.90 Å². The van der Waals surface area contributed by atoms with Crippen molar-refractivity contribution < 1.29 is 33.3 Å². The Balaban J connectivity index is 1.37. The van der Waals surface area contributed by atoms with Gasteiger partial charge < -0.3 is 18.9 Å². The summed E-state index contributed by atoms with van der Waals surface area (Å²) in [5, 5.41) is 0.474. The molecule has 5 aromatic carbocycles. The van der Waals surface area contributed by atoms with Gasteiger partial charge in [0.1, 0.15) is 0 Å². The Kier molecular flexibility index (Phi) is 6.01. The first-order valence-corrected chi connectivity index (χ1v) is 16.7. The standard InChI is InChI=1S/C41H26ClNO7/c42-27-13-15-28(16-14-27)43-37(44)35-36(38(43)45)41(26-9-5-2-6-10-26)34(24-12-18-30-32(20-24)50-22-48-30)33(23-11-17-29-31(19-23)49-21-47-29)40(35,39(41)46)25-7-3-1-4-8-25/h1-20,35-36H,21-22H2. The van der Waals surface area contributed by atoms with E-state index in [0.29, 0.717) is 67.1 Å². The monoisotopic (exact) mass is 679 g/mol. The summed E-state index contributed by atoms with van der Waals surface area (Å²) in [6.07, 6.45) is 0. The Morgan fingerprint density at radius 1 is 0.540 bits per heavy atom. The van der Waals surface area contributed by atoms with E-state index in [-0.39, 0.29) is 19.4 Å². The lowest BCUT2D eigenvalue weighted by atomic mass is 9.59. The molecule has 0 spiro atoms. The molecule has 0 N–H and O–H groups in total. The van der Waals surface area contributed by atoms with Crippen molar-refractivity contribution in [1.82, 2.24) is 0 Å². The molecular weight excluding hydrogens is 654 g/mol. The zero-order valence-electron chi connectivity index (χ0n) is 26.3. The number of amides is 2. The minimum atomic E-state index is -1.57. The fourth-order valence-electron chi connectivity index (χ4n) is 9.07. The maximum Gasteiger partial charge on any atom is 0.239 e. The minimum Gasteiger partial charge on any atom is -0.454 e. The topological polar surface area (TPSA) is 91.4 Å². The Morgan fingerprint density at radius 3 is 1.44 bits per heavy atom. The number of Topliss-reactive ketones (excluding diaryl/α,β-unsaturated/α-hetero) is 1. The average molecular weight is 680 g/mol. The molecule has 3 heterocycles. The van der Waals surface area contributed by atoms with Crippen molar-refractivity contribution >= 4 is 46.0 Å². The molecule has 1 saturated carbocycles. The molecule has 1 saturated heterocycles. The molecule has 8 nitrogen and oxygen atoms in total. The summed E-state index contributed by atoms with van der Waals surface area (Å²) in [6.45, 7) is 0.134. The van der Waals surface area contributed by atoms with E-state index in [2.05, 4.69) is 0 Å². The lowest BCUT2D eigenvalue weighted by Gasteiger charge is -2.39. The molecule has 2 aliphatic carbocycles. The highest BCUT2D eigenvalue weighted by Gasteiger charge is 2.82. The van der Waals surface area contributed by atoms with Crippen LogP contribution < -0.4 is 23.8 Å². The maximum atomic E-state index is 16.1. The average Bonchev–Trinajstić information content (AvgIpc) is 3.96. The highest BCUT2D eigenvalue weighted by atomic mass is 35.5. The number of ketones is 1. The van der Waals surface area contributed by atoms with Crippen LogP contribution in [0, 0.1) is 11.8 Å². The summed E-state index contributed by atoms with van der Waals surface area (Å²) < 4.78 is 23.1. The van der Waals surface area contributed by atoms with Gasteiger partial charge in [-0.05, 0) is 81.9 Å². The third-order valence-corrected chi connectivity index (χ3v) is 11.1. The second-order valence-corrected chi connectivity index (χ2v) is 13.4. The quantitative estimate of drug-likeness (QED) is 0.185. The molecule has 244 valence electrons. The van der Waals surface area contributed by atoms with Crippen LogP contribution in [0.25, 0.3) is 11.1 Å². The third-order valence-electron chi connectivity index (χ3n) is 10.9. The molecule has 0 aromatic heterocycles. The van der Waals surface area contributed by atoms with Crippen molar-refractivity contribution in [1.29, 1.82) is 0 Å². The molecule has 0 radical (unpaired) electrons. The predicted octanol–water partition coefficient (Wildman–Crippen LogP) is 6.99. The molecule has 3 aliphatic heterocycles. The van der Waals surface area contributed by atoms with Gasteiger partial charge in [0.25, 0.3) is 0 Å². The molecular formula is C41H26ClNO7. The van der Waals surface area contributed by atoms with Crippen LogP contribution in [0.15, 0.2) is 121 Å². The molecule has 2 bridgehead atoms. The van der Waals surface area contributed by atoms with Gasteiger partial charge in [-0.15, -0.1) is 0 Å². The number of fused-ring (bicyclic) bond motifs is 7.